The minimum Gasteiger partial charge on any atom is -0.435 e. The largest absolute Gasteiger partial charge is 0.435 e. The summed E-state index contributed by atoms with van der Waals surface area (Å²) in [5, 5.41) is 0. The van der Waals surface area contributed by atoms with Crippen LogP contribution >= 0.6 is 0 Å². The van der Waals surface area contributed by atoms with Crippen LogP contribution in [0.15, 0.2) is 83.8 Å². The Hall–Kier alpha value is -2.84. The Kier molecular flexibility index (Phi) is 6.01. The molecule has 1 unspecified atom stereocenters. The Balaban J connectivity index is 1.95. The van der Waals surface area contributed by atoms with Crippen molar-refractivity contribution in [2.75, 3.05) is 0 Å². The molecule has 0 bridgehead atoms. The van der Waals surface area contributed by atoms with E-state index in [2.05, 4.69) is 9.46 Å². The van der Waals surface area contributed by atoms with Crippen LogP contribution in [0.25, 0.3) is 0 Å². The molecule has 0 fully saturated rings. The van der Waals surface area contributed by atoms with Crippen molar-refractivity contribution in [3.05, 3.63) is 95.8 Å². The first-order valence-electron chi connectivity index (χ1n) is 8.23. The number of nitrogens with one attached hydrogen (secondary N) is 1. The van der Waals surface area contributed by atoms with E-state index in [0.717, 1.165) is 12.1 Å². The minimum absolute atomic E-state index is 0.0352. The average Bonchev–Trinajstić information content (AvgIpc) is 2.67. The molecular formula is C20H16F3NO3S. The highest BCUT2D eigenvalue weighted by Gasteiger charge is 2.23. The molecule has 0 aromatic heterocycles. The van der Waals surface area contributed by atoms with Crippen LogP contribution in [-0.2, 0) is 10.0 Å². The van der Waals surface area contributed by atoms with Crippen LogP contribution in [-0.4, -0.2) is 15.0 Å². The highest BCUT2D eigenvalue weighted by Crippen LogP contribution is 2.27. The van der Waals surface area contributed by atoms with Crippen molar-refractivity contribution < 1.29 is 26.3 Å². The quantitative estimate of drug-likeness (QED) is 0.628. The van der Waals surface area contributed by atoms with E-state index in [4.69, 9.17) is 0 Å². The second-order valence-electron chi connectivity index (χ2n) is 5.87. The number of hydrogen-bond donors (Lipinski definition) is 1. The zero-order chi connectivity index (χ0) is 20.1. The molecule has 0 heterocycles. The lowest BCUT2D eigenvalue weighted by Crippen LogP contribution is -2.29. The number of ether oxygens (including phenoxy) is 1. The van der Waals surface area contributed by atoms with Gasteiger partial charge < -0.3 is 4.74 Å². The van der Waals surface area contributed by atoms with E-state index in [9.17, 15) is 21.6 Å². The van der Waals surface area contributed by atoms with Gasteiger partial charge in [0.2, 0.25) is 10.0 Å². The molecule has 3 aromatic rings. The molecule has 0 spiro atoms. The van der Waals surface area contributed by atoms with E-state index in [1.807, 2.05) is 0 Å². The Morgan fingerprint density at radius 1 is 0.786 bits per heavy atom. The maximum absolute atomic E-state index is 13.1. The van der Waals surface area contributed by atoms with Crippen molar-refractivity contribution in [1.82, 2.24) is 4.72 Å². The Bertz CT molecular complexity index is 1010. The van der Waals surface area contributed by atoms with Gasteiger partial charge in [0.05, 0.1) is 10.9 Å². The molecule has 0 saturated carbocycles. The van der Waals surface area contributed by atoms with Gasteiger partial charge in [0.25, 0.3) is 0 Å². The molecule has 4 nitrogen and oxygen atoms in total. The molecule has 1 N–H and O–H groups in total. The van der Waals surface area contributed by atoms with Crippen LogP contribution in [0.5, 0.6) is 5.75 Å². The Labute approximate surface area is 160 Å². The predicted molar refractivity (Wildman–Crippen MR) is 98.1 cm³/mol. The molecule has 3 aromatic carbocycles. The van der Waals surface area contributed by atoms with E-state index in [0.29, 0.717) is 11.1 Å². The number of benzene rings is 3. The lowest BCUT2D eigenvalue weighted by Gasteiger charge is -2.20. The van der Waals surface area contributed by atoms with Crippen molar-refractivity contribution in [3.63, 3.8) is 0 Å². The first-order valence-corrected chi connectivity index (χ1v) is 9.71. The minimum atomic E-state index is -3.97. The summed E-state index contributed by atoms with van der Waals surface area (Å²) in [4.78, 5) is -0.0903. The molecule has 0 aliphatic carbocycles. The zero-order valence-electron chi connectivity index (χ0n) is 14.4. The van der Waals surface area contributed by atoms with Gasteiger partial charge in [-0.25, -0.2) is 12.8 Å². The van der Waals surface area contributed by atoms with Crippen LogP contribution in [0.4, 0.5) is 13.2 Å². The van der Waals surface area contributed by atoms with Crippen molar-refractivity contribution in [2.24, 2.45) is 0 Å². The number of halogens is 3. The summed E-state index contributed by atoms with van der Waals surface area (Å²) in [5.74, 6) is -0.583. The first kappa shape index (κ1) is 19.9. The summed E-state index contributed by atoms with van der Waals surface area (Å²) >= 11 is 0. The normalized spacial score (nSPS) is 12.7. The third-order valence-corrected chi connectivity index (χ3v) is 5.41. The molecule has 28 heavy (non-hydrogen) atoms. The van der Waals surface area contributed by atoms with Gasteiger partial charge in [0, 0.05) is 0 Å². The Morgan fingerprint density at radius 2 is 1.36 bits per heavy atom. The van der Waals surface area contributed by atoms with Crippen molar-refractivity contribution in [3.8, 4) is 5.75 Å². The van der Waals surface area contributed by atoms with E-state index >= 15 is 0 Å². The predicted octanol–water partition coefficient (Wildman–Crippen LogP) is 4.50. The van der Waals surface area contributed by atoms with Gasteiger partial charge in [-0.05, 0) is 47.5 Å². The van der Waals surface area contributed by atoms with Crippen LogP contribution in [0.2, 0.25) is 0 Å². The van der Waals surface area contributed by atoms with Gasteiger partial charge in [0.1, 0.15) is 11.6 Å². The molecule has 0 saturated heterocycles. The van der Waals surface area contributed by atoms with Gasteiger partial charge in [-0.3, -0.25) is 0 Å². The lowest BCUT2D eigenvalue weighted by molar-refractivity contribution is -0.0498. The summed E-state index contributed by atoms with van der Waals surface area (Å²) in [5.41, 5.74) is 1.18. The summed E-state index contributed by atoms with van der Waals surface area (Å²) in [6, 6.07) is 18.1. The molecule has 0 radical (unpaired) electrons. The number of alkyl halides is 2. The van der Waals surface area contributed by atoms with Crippen LogP contribution in [0.3, 0.4) is 0 Å². The molecule has 8 heteroatoms. The number of hydrogen-bond acceptors (Lipinski definition) is 3. The van der Waals surface area contributed by atoms with Crippen molar-refractivity contribution in [2.45, 2.75) is 17.5 Å². The molecule has 0 aliphatic heterocycles. The highest BCUT2D eigenvalue weighted by molar-refractivity contribution is 7.89. The fraction of sp³-hybridized carbons (Fsp3) is 0.100. The molecular weight excluding hydrogens is 391 g/mol. The first-order chi connectivity index (χ1) is 13.3. The van der Waals surface area contributed by atoms with Crippen LogP contribution < -0.4 is 9.46 Å². The van der Waals surface area contributed by atoms with Crippen molar-refractivity contribution >= 4 is 10.0 Å². The lowest BCUT2D eigenvalue weighted by atomic mass is 10.00. The second-order valence-corrected chi connectivity index (χ2v) is 7.58. The topological polar surface area (TPSA) is 55.4 Å². The Morgan fingerprint density at radius 3 is 1.93 bits per heavy atom. The van der Waals surface area contributed by atoms with E-state index in [1.54, 1.807) is 30.3 Å². The van der Waals surface area contributed by atoms with Gasteiger partial charge in [-0.1, -0.05) is 42.5 Å². The summed E-state index contributed by atoms with van der Waals surface area (Å²) < 4.78 is 70.2. The SMILES string of the molecule is O=S(=O)(NC(c1ccccc1)c1ccc(OC(F)F)cc1)c1ccc(F)cc1. The third-order valence-electron chi connectivity index (χ3n) is 3.97. The maximum Gasteiger partial charge on any atom is 0.387 e. The average molecular weight is 407 g/mol. The van der Waals surface area contributed by atoms with E-state index in [-0.39, 0.29) is 10.6 Å². The summed E-state index contributed by atoms with van der Waals surface area (Å²) in [6.45, 7) is -2.95. The molecule has 0 aliphatic rings. The van der Waals surface area contributed by atoms with Gasteiger partial charge in [0.15, 0.2) is 0 Å². The molecule has 146 valence electrons. The second kappa shape index (κ2) is 8.45. The molecule has 0 amide bonds. The third kappa shape index (κ3) is 4.90. The maximum atomic E-state index is 13.1. The summed E-state index contributed by atoms with van der Waals surface area (Å²) in [7, 11) is -3.97. The zero-order valence-corrected chi connectivity index (χ0v) is 15.2. The standard InChI is InChI=1S/C20H16F3NO3S/c21-16-8-12-18(13-9-16)28(25,26)24-19(14-4-2-1-3-5-14)15-6-10-17(11-7-15)27-20(22)23/h1-13,19-20,24H. The smallest absolute Gasteiger partial charge is 0.387 e. The fourth-order valence-electron chi connectivity index (χ4n) is 2.65. The van der Waals surface area contributed by atoms with Crippen molar-refractivity contribution in [1.29, 1.82) is 0 Å². The van der Waals surface area contributed by atoms with E-state index < -0.39 is 28.5 Å². The van der Waals surface area contributed by atoms with Gasteiger partial charge in [-0.2, -0.15) is 13.5 Å². The van der Waals surface area contributed by atoms with Gasteiger partial charge >= 0.3 is 6.61 Å². The highest BCUT2D eigenvalue weighted by atomic mass is 32.2. The van der Waals surface area contributed by atoms with E-state index in [1.165, 1.54) is 36.4 Å². The molecule has 3 rings (SSSR count). The number of rotatable bonds is 7. The summed E-state index contributed by atoms with van der Waals surface area (Å²) in [6.07, 6.45) is 0. The molecule has 1 atom stereocenters. The monoisotopic (exact) mass is 407 g/mol. The van der Waals surface area contributed by atoms with Gasteiger partial charge in [-0.15, -0.1) is 0 Å². The fourth-order valence-corrected chi connectivity index (χ4v) is 3.87. The van der Waals surface area contributed by atoms with Crippen LogP contribution in [0, 0.1) is 5.82 Å². The van der Waals surface area contributed by atoms with Crippen LogP contribution in [0.1, 0.15) is 17.2 Å². The number of sulfonamides is 1.